The summed E-state index contributed by atoms with van der Waals surface area (Å²) in [6, 6.07) is 0.271. The summed E-state index contributed by atoms with van der Waals surface area (Å²) in [5.74, 6) is 0.675. The molecule has 18 heavy (non-hydrogen) atoms. The SMILES string of the molecule is CCC(C)N(CCOC)C(=O)C1NCCCC1C. The Morgan fingerprint density at radius 2 is 2.28 bits per heavy atom. The lowest BCUT2D eigenvalue weighted by atomic mass is 9.91. The zero-order valence-corrected chi connectivity index (χ0v) is 12.2. The van der Waals surface area contributed by atoms with E-state index in [1.54, 1.807) is 7.11 Å². The highest BCUT2D eigenvalue weighted by Gasteiger charge is 2.32. The first-order valence-corrected chi connectivity index (χ1v) is 7.14. The van der Waals surface area contributed by atoms with E-state index in [1.165, 1.54) is 6.42 Å². The van der Waals surface area contributed by atoms with Crippen LogP contribution in [0.25, 0.3) is 0 Å². The van der Waals surface area contributed by atoms with Crippen LogP contribution in [0.3, 0.4) is 0 Å². The van der Waals surface area contributed by atoms with Crippen LogP contribution in [0.15, 0.2) is 0 Å². The molecule has 4 heteroatoms. The Morgan fingerprint density at radius 1 is 1.56 bits per heavy atom. The van der Waals surface area contributed by atoms with Gasteiger partial charge in [-0.1, -0.05) is 13.8 Å². The van der Waals surface area contributed by atoms with E-state index in [0.29, 0.717) is 19.1 Å². The van der Waals surface area contributed by atoms with Crippen LogP contribution in [-0.2, 0) is 9.53 Å². The predicted molar refractivity (Wildman–Crippen MR) is 73.5 cm³/mol. The summed E-state index contributed by atoms with van der Waals surface area (Å²) in [5.41, 5.74) is 0. The number of nitrogens with one attached hydrogen (secondary N) is 1. The molecule has 3 atom stereocenters. The van der Waals surface area contributed by atoms with Crippen LogP contribution < -0.4 is 5.32 Å². The number of carbonyl (C=O) groups excluding carboxylic acids is 1. The van der Waals surface area contributed by atoms with Gasteiger partial charge in [0.05, 0.1) is 12.6 Å². The number of piperidine rings is 1. The number of hydrogen-bond donors (Lipinski definition) is 1. The molecule has 0 aromatic carbocycles. The minimum absolute atomic E-state index is 0.00962. The first-order chi connectivity index (χ1) is 8.61. The zero-order chi connectivity index (χ0) is 13.5. The third-order valence-electron chi connectivity index (χ3n) is 3.98. The number of ether oxygens (including phenoxy) is 1. The van der Waals surface area contributed by atoms with Crippen LogP contribution >= 0.6 is 0 Å². The summed E-state index contributed by atoms with van der Waals surface area (Å²) in [6.07, 6.45) is 3.30. The second kappa shape index (κ2) is 7.74. The molecule has 1 fully saturated rings. The maximum absolute atomic E-state index is 12.6. The molecule has 3 unspecified atom stereocenters. The Kier molecular flexibility index (Phi) is 6.65. The van der Waals surface area contributed by atoms with Crippen LogP contribution in [0.4, 0.5) is 0 Å². The van der Waals surface area contributed by atoms with Crippen molar-refractivity contribution in [1.82, 2.24) is 10.2 Å². The van der Waals surface area contributed by atoms with Gasteiger partial charge in [0.2, 0.25) is 5.91 Å². The van der Waals surface area contributed by atoms with Crippen LogP contribution in [0.2, 0.25) is 0 Å². The minimum atomic E-state index is -0.00962. The second-order valence-electron chi connectivity index (χ2n) is 5.33. The van der Waals surface area contributed by atoms with Gasteiger partial charge in [0.25, 0.3) is 0 Å². The number of rotatable bonds is 6. The molecular weight excluding hydrogens is 228 g/mol. The van der Waals surface area contributed by atoms with E-state index in [0.717, 1.165) is 19.4 Å². The fourth-order valence-electron chi connectivity index (χ4n) is 2.52. The van der Waals surface area contributed by atoms with Crippen LogP contribution in [0, 0.1) is 5.92 Å². The molecule has 0 aromatic heterocycles. The first-order valence-electron chi connectivity index (χ1n) is 7.14. The third-order valence-corrected chi connectivity index (χ3v) is 3.98. The Morgan fingerprint density at radius 3 is 2.83 bits per heavy atom. The van der Waals surface area contributed by atoms with Crippen molar-refractivity contribution < 1.29 is 9.53 Å². The van der Waals surface area contributed by atoms with Gasteiger partial charge in [0.15, 0.2) is 0 Å². The summed E-state index contributed by atoms with van der Waals surface area (Å²) in [7, 11) is 1.68. The van der Waals surface area contributed by atoms with Crippen LogP contribution in [0.1, 0.15) is 40.0 Å². The van der Waals surface area contributed by atoms with Crippen molar-refractivity contribution in [3.8, 4) is 0 Å². The van der Waals surface area contributed by atoms with Crippen LogP contribution in [0.5, 0.6) is 0 Å². The molecule has 1 saturated heterocycles. The van der Waals surface area contributed by atoms with Crippen molar-refractivity contribution in [1.29, 1.82) is 0 Å². The van der Waals surface area contributed by atoms with Crippen molar-refractivity contribution in [2.24, 2.45) is 5.92 Å². The molecule has 1 aliphatic rings. The van der Waals surface area contributed by atoms with Gasteiger partial charge in [-0.3, -0.25) is 4.79 Å². The van der Waals surface area contributed by atoms with Gasteiger partial charge in [-0.15, -0.1) is 0 Å². The van der Waals surface area contributed by atoms with Crippen molar-refractivity contribution in [3.63, 3.8) is 0 Å². The molecule has 1 N–H and O–H groups in total. The first kappa shape index (κ1) is 15.4. The molecule has 1 rings (SSSR count). The van der Waals surface area contributed by atoms with E-state index < -0.39 is 0 Å². The maximum atomic E-state index is 12.6. The number of methoxy groups -OCH3 is 1. The third kappa shape index (κ3) is 3.95. The summed E-state index contributed by atoms with van der Waals surface area (Å²) in [6.45, 7) is 8.65. The van der Waals surface area contributed by atoms with E-state index in [9.17, 15) is 4.79 Å². The summed E-state index contributed by atoms with van der Waals surface area (Å²) >= 11 is 0. The predicted octanol–water partition coefficient (Wildman–Crippen LogP) is 1.65. The van der Waals surface area contributed by atoms with E-state index in [2.05, 4.69) is 26.1 Å². The molecule has 1 aliphatic heterocycles. The molecule has 4 nitrogen and oxygen atoms in total. The van der Waals surface area contributed by atoms with Gasteiger partial charge >= 0.3 is 0 Å². The molecule has 106 valence electrons. The van der Waals surface area contributed by atoms with E-state index >= 15 is 0 Å². The highest BCUT2D eigenvalue weighted by atomic mass is 16.5. The molecule has 1 heterocycles. The van der Waals surface area contributed by atoms with Crippen molar-refractivity contribution in [3.05, 3.63) is 0 Å². The number of amides is 1. The lowest BCUT2D eigenvalue weighted by Crippen LogP contribution is -2.55. The normalized spacial score (nSPS) is 25.8. The highest BCUT2D eigenvalue weighted by Crippen LogP contribution is 2.19. The average molecular weight is 256 g/mol. The van der Waals surface area contributed by atoms with Crippen molar-refractivity contribution >= 4 is 5.91 Å². The molecule has 0 aliphatic carbocycles. The monoisotopic (exact) mass is 256 g/mol. The smallest absolute Gasteiger partial charge is 0.240 e. The highest BCUT2D eigenvalue weighted by molar-refractivity contribution is 5.82. The molecule has 1 amide bonds. The molecular formula is C14H28N2O2. The van der Waals surface area contributed by atoms with E-state index in [-0.39, 0.29) is 18.0 Å². The average Bonchev–Trinajstić information content (AvgIpc) is 2.39. The number of hydrogen-bond acceptors (Lipinski definition) is 3. The topological polar surface area (TPSA) is 41.6 Å². The van der Waals surface area contributed by atoms with Gasteiger partial charge in [0, 0.05) is 19.7 Å². The Balaban J connectivity index is 2.67. The molecule has 0 spiro atoms. The zero-order valence-electron chi connectivity index (χ0n) is 12.2. The number of carbonyl (C=O) groups is 1. The van der Waals surface area contributed by atoms with E-state index in [4.69, 9.17) is 4.74 Å². The largest absolute Gasteiger partial charge is 0.383 e. The fourth-order valence-corrected chi connectivity index (χ4v) is 2.52. The lowest BCUT2D eigenvalue weighted by Gasteiger charge is -2.36. The van der Waals surface area contributed by atoms with Gasteiger partial charge in [-0.2, -0.15) is 0 Å². The van der Waals surface area contributed by atoms with Crippen molar-refractivity contribution in [2.75, 3.05) is 26.8 Å². The van der Waals surface area contributed by atoms with Gasteiger partial charge in [-0.25, -0.2) is 0 Å². The standard InChI is InChI=1S/C14H28N2O2/c1-5-12(3)16(9-10-18-4)14(17)13-11(2)7-6-8-15-13/h11-13,15H,5-10H2,1-4H3. The maximum Gasteiger partial charge on any atom is 0.240 e. The van der Waals surface area contributed by atoms with E-state index in [1.807, 2.05) is 4.90 Å². The van der Waals surface area contributed by atoms with Crippen LogP contribution in [-0.4, -0.2) is 49.7 Å². The van der Waals surface area contributed by atoms with Gasteiger partial charge in [-0.05, 0) is 38.6 Å². The van der Waals surface area contributed by atoms with Gasteiger partial charge < -0.3 is 15.0 Å². The summed E-state index contributed by atoms with van der Waals surface area (Å²) in [4.78, 5) is 14.6. The molecule has 0 bridgehead atoms. The molecule has 0 radical (unpaired) electrons. The summed E-state index contributed by atoms with van der Waals surface area (Å²) in [5, 5.41) is 3.37. The minimum Gasteiger partial charge on any atom is -0.383 e. The Bertz CT molecular complexity index is 258. The molecule has 0 aromatic rings. The quantitative estimate of drug-likeness (QED) is 0.785. The van der Waals surface area contributed by atoms with Gasteiger partial charge in [0.1, 0.15) is 0 Å². The lowest BCUT2D eigenvalue weighted by molar-refractivity contribution is -0.138. The number of nitrogens with zero attached hydrogens (tertiary/aromatic N) is 1. The molecule has 0 saturated carbocycles. The van der Waals surface area contributed by atoms with Crippen molar-refractivity contribution in [2.45, 2.75) is 52.1 Å². The Labute approximate surface area is 111 Å². The Hall–Kier alpha value is -0.610. The second-order valence-corrected chi connectivity index (χ2v) is 5.33. The fraction of sp³-hybridized carbons (Fsp3) is 0.929. The summed E-state index contributed by atoms with van der Waals surface area (Å²) < 4.78 is 5.12.